The lowest BCUT2D eigenvalue weighted by Crippen LogP contribution is -2.47. The van der Waals surface area contributed by atoms with Gasteiger partial charge in [0.25, 0.3) is 0 Å². The highest BCUT2D eigenvalue weighted by Crippen LogP contribution is 2.26. The van der Waals surface area contributed by atoms with Gasteiger partial charge in [0, 0.05) is 43.6 Å². The zero-order chi connectivity index (χ0) is 17.9. The van der Waals surface area contributed by atoms with Crippen LogP contribution in [0.3, 0.4) is 0 Å². The van der Waals surface area contributed by atoms with Crippen molar-refractivity contribution in [2.75, 3.05) is 26.7 Å². The molecule has 1 aliphatic heterocycles. The van der Waals surface area contributed by atoms with Crippen LogP contribution < -0.4 is 5.32 Å². The summed E-state index contributed by atoms with van der Waals surface area (Å²) in [6.07, 6.45) is 3.92. The van der Waals surface area contributed by atoms with Crippen LogP contribution in [0.5, 0.6) is 0 Å². The van der Waals surface area contributed by atoms with E-state index >= 15 is 0 Å². The maximum atomic E-state index is 5.93. The van der Waals surface area contributed by atoms with E-state index in [0.717, 1.165) is 31.2 Å². The van der Waals surface area contributed by atoms with E-state index in [9.17, 15) is 0 Å². The van der Waals surface area contributed by atoms with Gasteiger partial charge in [0.05, 0.1) is 19.3 Å². The fraction of sp³-hybridized carbons (Fsp3) is 0.368. The second-order valence-electron chi connectivity index (χ2n) is 6.41. The van der Waals surface area contributed by atoms with Crippen molar-refractivity contribution in [1.82, 2.24) is 20.0 Å². The number of guanidine groups is 1. The Morgan fingerprint density at radius 3 is 3.12 bits per heavy atom. The summed E-state index contributed by atoms with van der Waals surface area (Å²) < 4.78 is 9.07. The molecule has 0 spiro atoms. The van der Waals surface area contributed by atoms with E-state index in [1.54, 1.807) is 11.3 Å². The van der Waals surface area contributed by atoms with Crippen LogP contribution in [0, 0.1) is 0 Å². The van der Waals surface area contributed by atoms with Gasteiger partial charge < -0.3 is 15.0 Å². The zero-order valence-corrected chi connectivity index (χ0v) is 15.9. The number of thiophene rings is 1. The molecule has 0 amide bonds. The van der Waals surface area contributed by atoms with Crippen molar-refractivity contribution in [2.24, 2.45) is 12.0 Å². The van der Waals surface area contributed by atoms with Crippen LogP contribution in [0.2, 0.25) is 0 Å². The maximum absolute atomic E-state index is 5.93. The third-order valence-corrected chi connectivity index (χ3v) is 5.68. The molecule has 1 fully saturated rings. The standard InChI is InChI=1S/C19H23N5OS/c1-20-19(21-9-15-13-26-18-6-4-3-5-16(15)18)24-7-8-25-17(12-24)14-10-22-23(2)11-14/h3-6,10-11,13,17H,7-9,12H2,1-2H3,(H,20,21). The highest BCUT2D eigenvalue weighted by atomic mass is 32.1. The first-order valence-corrected chi connectivity index (χ1v) is 9.63. The van der Waals surface area contributed by atoms with Crippen LogP contribution >= 0.6 is 11.3 Å². The van der Waals surface area contributed by atoms with Crippen molar-refractivity contribution in [1.29, 1.82) is 0 Å². The normalized spacial score (nSPS) is 18.5. The zero-order valence-electron chi connectivity index (χ0n) is 15.1. The summed E-state index contributed by atoms with van der Waals surface area (Å²) in [4.78, 5) is 6.74. The number of fused-ring (bicyclic) bond motifs is 1. The summed E-state index contributed by atoms with van der Waals surface area (Å²) in [5.41, 5.74) is 2.42. The molecule has 7 heteroatoms. The summed E-state index contributed by atoms with van der Waals surface area (Å²) in [6.45, 7) is 3.06. The van der Waals surface area contributed by atoms with Gasteiger partial charge in [-0.1, -0.05) is 18.2 Å². The Morgan fingerprint density at radius 2 is 2.31 bits per heavy atom. The van der Waals surface area contributed by atoms with Gasteiger partial charge in [0.2, 0.25) is 0 Å². The first-order chi connectivity index (χ1) is 12.7. The largest absolute Gasteiger partial charge is 0.370 e. The number of benzene rings is 1. The Morgan fingerprint density at radius 1 is 1.42 bits per heavy atom. The predicted octanol–water partition coefficient (Wildman–Crippen LogP) is 2.78. The summed E-state index contributed by atoms with van der Waals surface area (Å²) in [5.74, 6) is 0.914. The molecule has 0 saturated carbocycles. The quantitative estimate of drug-likeness (QED) is 0.570. The molecule has 6 nitrogen and oxygen atoms in total. The number of ether oxygens (including phenoxy) is 1. The van der Waals surface area contributed by atoms with E-state index in [1.165, 1.54) is 15.6 Å². The molecule has 0 aliphatic carbocycles. The number of nitrogens with zero attached hydrogens (tertiary/aromatic N) is 4. The van der Waals surface area contributed by atoms with Crippen molar-refractivity contribution >= 4 is 27.4 Å². The van der Waals surface area contributed by atoms with Crippen LogP contribution in [0.25, 0.3) is 10.1 Å². The van der Waals surface area contributed by atoms with E-state index in [0.29, 0.717) is 6.61 Å². The Balaban J connectivity index is 1.43. The highest BCUT2D eigenvalue weighted by molar-refractivity contribution is 7.17. The SMILES string of the molecule is CN=C(NCc1csc2ccccc12)N1CCOC(c2cnn(C)c2)C1. The van der Waals surface area contributed by atoms with E-state index in [-0.39, 0.29) is 6.10 Å². The van der Waals surface area contributed by atoms with Gasteiger partial charge >= 0.3 is 0 Å². The molecule has 0 radical (unpaired) electrons. The minimum Gasteiger partial charge on any atom is -0.370 e. The average Bonchev–Trinajstić information content (AvgIpc) is 3.29. The predicted molar refractivity (Wildman–Crippen MR) is 105 cm³/mol. The molecule has 3 heterocycles. The van der Waals surface area contributed by atoms with E-state index in [4.69, 9.17) is 4.74 Å². The number of rotatable bonds is 3. The van der Waals surface area contributed by atoms with Crippen LogP contribution in [0.1, 0.15) is 17.2 Å². The smallest absolute Gasteiger partial charge is 0.194 e. The van der Waals surface area contributed by atoms with Crippen molar-refractivity contribution in [3.8, 4) is 0 Å². The van der Waals surface area contributed by atoms with E-state index in [1.807, 2.05) is 31.2 Å². The second kappa shape index (κ2) is 7.47. The number of aryl methyl sites for hydroxylation is 1. The summed E-state index contributed by atoms with van der Waals surface area (Å²) in [6, 6.07) is 8.52. The minimum atomic E-state index is 0.0259. The minimum absolute atomic E-state index is 0.0259. The van der Waals surface area contributed by atoms with Gasteiger partial charge in [-0.3, -0.25) is 9.67 Å². The molecule has 1 unspecified atom stereocenters. The van der Waals surface area contributed by atoms with Crippen LogP contribution in [-0.2, 0) is 18.3 Å². The van der Waals surface area contributed by atoms with Crippen LogP contribution in [0.15, 0.2) is 47.0 Å². The summed E-state index contributed by atoms with van der Waals surface area (Å²) >= 11 is 1.79. The second-order valence-corrected chi connectivity index (χ2v) is 7.32. The molecular formula is C19H23N5OS. The van der Waals surface area contributed by atoms with Gasteiger partial charge in [-0.15, -0.1) is 11.3 Å². The Labute approximate surface area is 157 Å². The molecule has 1 saturated heterocycles. The number of aliphatic imine (C=N–C) groups is 1. The molecule has 1 aromatic carbocycles. The first kappa shape index (κ1) is 17.1. The third kappa shape index (κ3) is 3.45. The number of nitrogens with one attached hydrogen (secondary N) is 1. The number of hydrogen-bond donors (Lipinski definition) is 1. The number of morpholine rings is 1. The highest BCUT2D eigenvalue weighted by Gasteiger charge is 2.25. The van der Waals surface area contributed by atoms with Crippen molar-refractivity contribution in [2.45, 2.75) is 12.6 Å². The molecule has 3 aromatic rings. The van der Waals surface area contributed by atoms with E-state index < -0.39 is 0 Å². The van der Waals surface area contributed by atoms with Crippen LogP contribution in [0.4, 0.5) is 0 Å². The van der Waals surface area contributed by atoms with Crippen LogP contribution in [-0.4, -0.2) is 47.4 Å². The topological polar surface area (TPSA) is 54.7 Å². The van der Waals surface area contributed by atoms with E-state index in [2.05, 4.69) is 50.0 Å². The molecule has 136 valence electrons. The van der Waals surface area contributed by atoms with Gasteiger partial charge in [-0.05, 0) is 22.4 Å². The molecule has 1 atom stereocenters. The maximum Gasteiger partial charge on any atom is 0.194 e. The fourth-order valence-electron chi connectivity index (χ4n) is 3.33. The molecule has 2 aromatic heterocycles. The lowest BCUT2D eigenvalue weighted by atomic mass is 10.1. The molecule has 1 aliphatic rings. The molecule has 0 bridgehead atoms. The molecule has 26 heavy (non-hydrogen) atoms. The van der Waals surface area contributed by atoms with Gasteiger partial charge in [-0.25, -0.2) is 0 Å². The fourth-order valence-corrected chi connectivity index (χ4v) is 4.29. The summed E-state index contributed by atoms with van der Waals surface area (Å²) in [5, 5.41) is 11.3. The molecule has 4 rings (SSSR count). The van der Waals surface area contributed by atoms with Gasteiger partial charge in [-0.2, -0.15) is 5.10 Å². The lowest BCUT2D eigenvalue weighted by molar-refractivity contribution is -0.00805. The van der Waals surface area contributed by atoms with Crippen molar-refractivity contribution < 1.29 is 4.74 Å². The first-order valence-electron chi connectivity index (χ1n) is 8.75. The van der Waals surface area contributed by atoms with Gasteiger partial charge in [0.1, 0.15) is 6.10 Å². The summed E-state index contributed by atoms with van der Waals surface area (Å²) in [7, 11) is 3.76. The Hall–Kier alpha value is -2.38. The average molecular weight is 369 g/mol. The van der Waals surface area contributed by atoms with Crippen molar-refractivity contribution in [3.05, 3.63) is 53.2 Å². The number of hydrogen-bond acceptors (Lipinski definition) is 4. The van der Waals surface area contributed by atoms with Crippen molar-refractivity contribution in [3.63, 3.8) is 0 Å². The monoisotopic (exact) mass is 369 g/mol. The van der Waals surface area contributed by atoms with Gasteiger partial charge in [0.15, 0.2) is 5.96 Å². The number of aromatic nitrogens is 2. The third-order valence-electron chi connectivity index (χ3n) is 4.67. The lowest BCUT2D eigenvalue weighted by Gasteiger charge is -2.34. The Bertz CT molecular complexity index is 915. The Kier molecular flexibility index (Phi) is 4.90. The molecular weight excluding hydrogens is 346 g/mol. The molecule has 1 N–H and O–H groups in total.